The van der Waals surface area contributed by atoms with E-state index in [0.29, 0.717) is 17.5 Å². The first-order chi connectivity index (χ1) is 26.2. The lowest BCUT2D eigenvalue weighted by atomic mass is 9.92. The third-order valence-electron chi connectivity index (χ3n) is 10.5. The van der Waals surface area contributed by atoms with Gasteiger partial charge in [0.25, 0.3) is 0 Å². The Bertz CT molecular complexity index is 3250. The van der Waals surface area contributed by atoms with Crippen molar-refractivity contribution in [3.8, 4) is 45.3 Å². The number of benzene rings is 9. The van der Waals surface area contributed by atoms with Crippen molar-refractivity contribution < 1.29 is 4.42 Å². The minimum atomic E-state index is 0.598. The van der Waals surface area contributed by atoms with Crippen LogP contribution in [0, 0.1) is 0 Å². The van der Waals surface area contributed by atoms with Crippen molar-refractivity contribution in [2.24, 2.45) is 0 Å². The summed E-state index contributed by atoms with van der Waals surface area (Å²) in [7, 11) is 0. The highest BCUT2D eigenvalue weighted by Gasteiger charge is 2.20. The summed E-state index contributed by atoms with van der Waals surface area (Å²) < 4.78 is 6.29. The molecule has 0 aliphatic carbocycles. The molecule has 53 heavy (non-hydrogen) atoms. The quantitative estimate of drug-likeness (QED) is 0.174. The minimum Gasteiger partial charge on any atom is -0.456 e. The second-order valence-corrected chi connectivity index (χ2v) is 13.6. The van der Waals surface area contributed by atoms with E-state index in [4.69, 9.17) is 19.4 Å². The van der Waals surface area contributed by atoms with E-state index in [9.17, 15) is 0 Å². The molecule has 2 aromatic heterocycles. The third-order valence-corrected chi connectivity index (χ3v) is 10.5. The number of fused-ring (bicyclic) bond motifs is 9. The van der Waals surface area contributed by atoms with Gasteiger partial charge in [-0.2, -0.15) is 0 Å². The number of nitrogens with zero attached hydrogens (tertiary/aromatic N) is 3. The van der Waals surface area contributed by atoms with Crippen LogP contribution in [0.5, 0.6) is 0 Å². The van der Waals surface area contributed by atoms with Crippen LogP contribution in [0.25, 0.3) is 110 Å². The molecule has 0 amide bonds. The van der Waals surface area contributed by atoms with Crippen molar-refractivity contribution >= 4 is 65.0 Å². The Morgan fingerprint density at radius 3 is 1.74 bits per heavy atom. The number of para-hydroxylation sites is 1. The normalized spacial score (nSPS) is 11.8. The molecule has 0 unspecified atom stereocenters. The van der Waals surface area contributed by atoms with Crippen LogP contribution in [-0.2, 0) is 0 Å². The molecule has 11 aromatic rings. The summed E-state index contributed by atoms with van der Waals surface area (Å²) in [5, 5.41) is 11.7. The SMILES string of the molecule is c1ccc(-c2nc(-c3ccc4ccccc4c3)nc(-c3cccc4oc5ccccc5c34)n2)c(-c2ccc3ccc4ccc5ccccc5c4c3c2)c1. The highest BCUT2D eigenvalue weighted by atomic mass is 16.3. The summed E-state index contributed by atoms with van der Waals surface area (Å²) in [6.07, 6.45) is 0. The molecule has 246 valence electrons. The fraction of sp³-hybridized carbons (Fsp3) is 0. The lowest BCUT2D eigenvalue weighted by molar-refractivity contribution is 0.669. The predicted octanol–water partition coefficient (Wildman–Crippen LogP) is 13.1. The molecular formula is C49H29N3O. The number of hydrogen-bond donors (Lipinski definition) is 0. The van der Waals surface area contributed by atoms with Crippen LogP contribution in [0.15, 0.2) is 180 Å². The highest BCUT2D eigenvalue weighted by Crippen LogP contribution is 2.40. The van der Waals surface area contributed by atoms with Crippen LogP contribution in [0.4, 0.5) is 0 Å². The summed E-state index contributed by atoms with van der Waals surface area (Å²) >= 11 is 0. The smallest absolute Gasteiger partial charge is 0.164 e. The maximum Gasteiger partial charge on any atom is 0.164 e. The third kappa shape index (κ3) is 4.80. The predicted molar refractivity (Wildman–Crippen MR) is 219 cm³/mol. The molecule has 4 heteroatoms. The topological polar surface area (TPSA) is 51.8 Å². The van der Waals surface area contributed by atoms with Crippen molar-refractivity contribution in [3.63, 3.8) is 0 Å². The van der Waals surface area contributed by atoms with Crippen molar-refractivity contribution in [1.29, 1.82) is 0 Å². The lowest BCUT2D eigenvalue weighted by Gasteiger charge is -2.14. The van der Waals surface area contributed by atoms with Crippen LogP contribution in [0.1, 0.15) is 0 Å². The van der Waals surface area contributed by atoms with Crippen molar-refractivity contribution in [3.05, 3.63) is 176 Å². The zero-order chi connectivity index (χ0) is 34.9. The van der Waals surface area contributed by atoms with Gasteiger partial charge in [0.05, 0.1) is 0 Å². The second kappa shape index (κ2) is 11.7. The Labute approximate surface area is 304 Å². The first-order valence-electron chi connectivity index (χ1n) is 17.9. The maximum atomic E-state index is 6.29. The lowest BCUT2D eigenvalue weighted by Crippen LogP contribution is -2.01. The Kier molecular flexibility index (Phi) is 6.52. The standard InChI is InChI=1S/C49H29N3O/c1-2-12-34-28-36(27-20-30(34)10-1)47-50-48(52-49(51-47)41-17-9-19-44-46(41)40-16-7-8-18-43(40)53-44)39-15-6-5-13-37(39)35-26-23-32-22-25-33-24-21-31-11-3-4-14-38(31)45(33)42(32)29-35/h1-29H. The van der Waals surface area contributed by atoms with E-state index >= 15 is 0 Å². The van der Waals surface area contributed by atoms with Crippen molar-refractivity contribution in [2.45, 2.75) is 0 Å². The molecule has 0 radical (unpaired) electrons. The molecule has 0 spiro atoms. The molecule has 0 saturated carbocycles. The van der Waals surface area contributed by atoms with Gasteiger partial charge in [-0.15, -0.1) is 0 Å². The molecule has 0 bridgehead atoms. The Morgan fingerprint density at radius 2 is 0.868 bits per heavy atom. The molecule has 4 nitrogen and oxygen atoms in total. The number of hydrogen-bond acceptors (Lipinski definition) is 4. The van der Waals surface area contributed by atoms with Crippen molar-refractivity contribution in [1.82, 2.24) is 15.0 Å². The average molecular weight is 676 g/mol. The summed E-state index contributed by atoms with van der Waals surface area (Å²) in [6.45, 7) is 0. The van der Waals surface area contributed by atoms with Gasteiger partial charge < -0.3 is 4.42 Å². The van der Waals surface area contributed by atoms with Gasteiger partial charge in [-0.25, -0.2) is 15.0 Å². The zero-order valence-electron chi connectivity index (χ0n) is 28.5. The molecule has 0 aliphatic heterocycles. The summed E-state index contributed by atoms with van der Waals surface area (Å²) in [5.74, 6) is 1.83. The maximum absolute atomic E-state index is 6.29. The van der Waals surface area contributed by atoms with Gasteiger partial charge in [-0.3, -0.25) is 0 Å². The van der Waals surface area contributed by atoms with Crippen LogP contribution in [0.3, 0.4) is 0 Å². The van der Waals surface area contributed by atoms with Gasteiger partial charge in [0.15, 0.2) is 17.5 Å². The molecule has 0 atom stereocenters. The van der Waals surface area contributed by atoms with Crippen LogP contribution < -0.4 is 0 Å². The Hall–Kier alpha value is -7.17. The number of rotatable bonds is 4. The fourth-order valence-corrected chi connectivity index (χ4v) is 7.96. The van der Waals surface area contributed by atoms with Gasteiger partial charge in [0, 0.05) is 27.5 Å². The monoisotopic (exact) mass is 675 g/mol. The summed E-state index contributed by atoms with van der Waals surface area (Å²) in [5.41, 5.74) is 6.56. The van der Waals surface area contributed by atoms with E-state index in [1.54, 1.807) is 0 Å². The van der Waals surface area contributed by atoms with Crippen LogP contribution in [-0.4, -0.2) is 15.0 Å². The minimum absolute atomic E-state index is 0.598. The number of furan rings is 1. The highest BCUT2D eigenvalue weighted by molar-refractivity contribution is 6.21. The van der Waals surface area contributed by atoms with E-state index in [-0.39, 0.29) is 0 Å². The van der Waals surface area contributed by atoms with Gasteiger partial charge >= 0.3 is 0 Å². The van der Waals surface area contributed by atoms with E-state index in [1.165, 1.54) is 37.7 Å². The van der Waals surface area contributed by atoms with Gasteiger partial charge in [-0.1, -0.05) is 152 Å². The average Bonchev–Trinajstić information content (AvgIpc) is 3.62. The second-order valence-electron chi connectivity index (χ2n) is 13.6. The zero-order valence-corrected chi connectivity index (χ0v) is 28.5. The van der Waals surface area contributed by atoms with E-state index in [2.05, 4.69) is 146 Å². The van der Waals surface area contributed by atoms with Gasteiger partial charge in [0.1, 0.15) is 11.2 Å². The van der Waals surface area contributed by atoms with Crippen molar-refractivity contribution in [2.75, 3.05) is 0 Å². The summed E-state index contributed by atoms with van der Waals surface area (Å²) in [6, 6.07) is 61.7. The van der Waals surface area contributed by atoms with Crippen LogP contribution in [0.2, 0.25) is 0 Å². The largest absolute Gasteiger partial charge is 0.456 e. The molecule has 0 fully saturated rings. The van der Waals surface area contributed by atoms with Crippen LogP contribution >= 0.6 is 0 Å². The van der Waals surface area contributed by atoms with E-state index in [1.807, 2.05) is 30.3 Å². The molecule has 0 saturated heterocycles. The molecule has 0 N–H and O–H groups in total. The van der Waals surface area contributed by atoms with Gasteiger partial charge in [-0.05, 0) is 78.5 Å². The molecular weight excluding hydrogens is 647 g/mol. The first-order valence-corrected chi connectivity index (χ1v) is 17.9. The van der Waals surface area contributed by atoms with E-state index < -0.39 is 0 Å². The summed E-state index contributed by atoms with van der Waals surface area (Å²) in [4.78, 5) is 15.7. The molecule has 0 aliphatic rings. The first kappa shape index (κ1) is 29.5. The Morgan fingerprint density at radius 1 is 0.302 bits per heavy atom. The van der Waals surface area contributed by atoms with E-state index in [0.717, 1.165) is 55.1 Å². The number of aromatic nitrogens is 3. The Balaban J connectivity index is 1.16. The molecule has 9 aromatic carbocycles. The molecule has 11 rings (SSSR count). The van der Waals surface area contributed by atoms with Gasteiger partial charge in [0.2, 0.25) is 0 Å². The molecule has 2 heterocycles. The fourth-order valence-electron chi connectivity index (χ4n) is 7.96.